The summed E-state index contributed by atoms with van der Waals surface area (Å²) in [5, 5.41) is 11.6. The Morgan fingerprint density at radius 1 is 1.36 bits per heavy atom. The molecule has 1 saturated heterocycles. The van der Waals surface area contributed by atoms with Crippen LogP contribution in [0, 0.1) is 10.1 Å². The molecule has 1 atom stereocenters. The van der Waals surface area contributed by atoms with Gasteiger partial charge in [0.1, 0.15) is 10.6 Å². The standard InChI is InChI=1S/C19H24N4O4S/c1-19(2,3)27-18(24)22-9-5-4-6-14(22)12-28-17-11-20-16-10-13(23(25)26)7-8-15(16)21-17/h7-8,10-11,14H,4-6,9,12H2,1-3H3/t14-/m1/s1. The van der Waals surface area contributed by atoms with Gasteiger partial charge < -0.3 is 9.64 Å². The molecular formula is C19H24N4O4S. The van der Waals surface area contributed by atoms with Gasteiger partial charge in [-0.2, -0.15) is 0 Å². The van der Waals surface area contributed by atoms with Crippen LogP contribution in [0.1, 0.15) is 40.0 Å². The summed E-state index contributed by atoms with van der Waals surface area (Å²) in [5.41, 5.74) is 0.589. The van der Waals surface area contributed by atoms with Crippen molar-refractivity contribution in [1.29, 1.82) is 0 Å². The molecule has 0 aliphatic carbocycles. The van der Waals surface area contributed by atoms with Crippen molar-refractivity contribution >= 4 is 34.6 Å². The fourth-order valence-electron chi connectivity index (χ4n) is 3.08. The van der Waals surface area contributed by atoms with Crippen LogP contribution >= 0.6 is 11.8 Å². The highest BCUT2D eigenvalue weighted by Gasteiger charge is 2.30. The van der Waals surface area contributed by atoms with Crippen LogP contribution in [0.5, 0.6) is 0 Å². The maximum absolute atomic E-state index is 12.5. The normalized spacial score (nSPS) is 17.5. The Morgan fingerprint density at radius 3 is 2.86 bits per heavy atom. The first kappa shape index (κ1) is 20.3. The number of non-ortho nitro benzene ring substituents is 1. The fraction of sp³-hybridized carbons (Fsp3) is 0.526. The summed E-state index contributed by atoms with van der Waals surface area (Å²) < 4.78 is 5.54. The van der Waals surface area contributed by atoms with Gasteiger partial charge >= 0.3 is 6.09 Å². The first-order chi connectivity index (χ1) is 13.2. The summed E-state index contributed by atoms with van der Waals surface area (Å²) in [7, 11) is 0. The van der Waals surface area contributed by atoms with Crippen LogP contribution in [-0.2, 0) is 4.74 Å². The molecule has 0 unspecified atom stereocenters. The van der Waals surface area contributed by atoms with E-state index in [0.29, 0.717) is 23.3 Å². The number of rotatable bonds is 4. The molecule has 150 valence electrons. The number of amides is 1. The van der Waals surface area contributed by atoms with Crippen LogP contribution in [-0.4, -0.2) is 49.8 Å². The summed E-state index contributed by atoms with van der Waals surface area (Å²) in [6, 6.07) is 4.54. The number of likely N-dealkylation sites (tertiary alicyclic amines) is 1. The minimum absolute atomic E-state index is 0.00240. The van der Waals surface area contributed by atoms with Gasteiger partial charge in [0.05, 0.1) is 22.2 Å². The number of nitro groups is 1. The van der Waals surface area contributed by atoms with E-state index in [0.717, 1.165) is 24.3 Å². The molecule has 1 aromatic heterocycles. The quantitative estimate of drug-likeness (QED) is 0.422. The van der Waals surface area contributed by atoms with Crippen LogP contribution in [0.2, 0.25) is 0 Å². The van der Waals surface area contributed by atoms with Crippen molar-refractivity contribution in [3.8, 4) is 0 Å². The van der Waals surface area contributed by atoms with E-state index in [1.807, 2.05) is 25.7 Å². The number of piperidine rings is 1. The number of carbonyl (C=O) groups excluding carboxylic acids is 1. The highest BCUT2D eigenvalue weighted by Crippen LogP contribution is 2.27. The van der Waals surface area contributed by atoms with Crippen molar-refractivity contribution in [3.63, 3.8) is 0 Å². The molecule has 3 rings (SSSR count). The van der Waals surface area contributed by atoms with Crippen molar-refractivity contribution in [3.05, 3.63) is 34.5 Å². The van der Waals surface area contributed by atoms with Crippen LogP contribution in [0.3, 0.4) is 0 Å². The van der Waals surface area contributed by atoms with E-state index in [4.69, 9.17) is 4.74 Å². The molecule has 2 heterocycles. The van der Waals surface area contributed by atoms with Gasteiger partial charge in [0, 0.05) is 30.5 Å². The van der Waals surface area contributed by atoms with E-state index < -0.39 is 10.5 Å². The predicted octanol–water partition coefficient (Wildman–Crippen LogP) is 4.42. The number of aromatic nitrogens is 2. The molecular weight excluding hydrogens is 380 g/mol. The van der Waals surface area contributed by atoms with Gasteiger partial charge in [-0.15, -0.1) is 11.8 Å². The zero-order chi connectivity index (χ0) is 20.3. The Labute approximate surface area is 167 Å². The molecule has 8 nitrogen and oxygen atoms in total. The second kappa shape index (κ2) is 8.30. The Kier molecular flexibility index (Phi) is 6.02. The molecule has 0 spiro atoms. The number of ether oxygens (including phenoxy) is 1. The number of carbonyl (C=O) groups is 1. The monoisotopic (exact) mass is 404 g/mol. The topological polar surface area (TPSA) is 98.5 Å². The Balaban J connectivity index is 1.68. The van der Waals surface area contributed by atoms with Crippen molar-refractivity contribution in [2.45, 2.75) is 56.7 Å². The molecule has 1 aromatic carbocycles. The number of hydrogen-bond acceptors (Lipinski definition) is 7. The molecule has 1 aliphatic heterocycles. The number of benzene rings is 1. The van der Waals surface area contributed by atoms with Gasteiger partial charge in [-0.3, -0.25) is 15.1 Å². The first-order valence-electron chi connectivity index (χ1n) is 9.26. The molecule has 1 aliphatic rings. The van der Waals surface area contributed by atoms with Gasteiger partial charge in [0.15, 0.2) is 0 Å². The molecule has 0 saturated carbocycles. The second-order valence-electron chi connectivity index (χ2n) is 7.77. The summed E-state index contributed by atoms with van der Waals surface area (Å²) in [6.07, 6.45) is 4.35. The SMILES string of the molecule is CC(C)(C)OC(=O)N1CCCC[C@@H]1CSc1cnc2cc([N+](=O)[O-])ccc2n1. The van der Waals surface area contributed by atoms with E-state index in [2.05, 4.69) is 9.97 Å². The molecule has 1 amide bonds. The van der Waals surface area contributed by atoms with Gasteiger partial charge in [0.25, 0.3) is 5.69 Å². The van der Waals surface area contributed by atoms with Crippen molar-refractivity contribution in [2.75, 3.05) is 12.3 Å². The molecule has 1 fully saturated rings. The third-order valence-electron chi connectivity index (χ3n) is 4.39. The number of nitro benzene ring substituents is 1. The molecule has 0 bridgehead atoms. The van der Waals surface area contributed by atoms with E-state index >= 15 is 0 Å². The largest absolute Gasteiger partial charge is 0.444 e. The first-order valence-corrected chi connectivity index (χ1v) is 10.2. The van der Waals surface area contributed by atoms with Crippen LogP contribution in [0.4, 0.5) is 10.5 Å². The van der Waals surface area contributed by atoms with Gasteiger partial charge in [-0.1, -0.05) is 0 Å². The molecule has 2 aromatic rings. The third kappa shape index (κ3) is 5.09. The third-order valence-corrected chi connectivity index (χ3v) is 5.44. The Morgan fingerprint density at radius 2 is 2.14 bits per heavy atom. The van der Waals surface area contributed by atoms with Gasteiger partial charge in [-0.25, -0.2) is 9.78 Å². The predicted molar refractivity (Wildman–Crippen MR) is 107 cm³/mol. The molecule has 0 radical (unpaired) electrons. The summed E-state index contributed by atoms with van der Waals surface area (Å²) in [4.78, 5) is 33.6. The van der Waals surface area contributed by atoms with Gasteiger partial charge in [0.2, 0.25) is 0 Å². The lowest BCUT2D eigenvalue weighted by atomic mass is 10.0. The lowest BCUT2D eigenvalue weighted by Gasteiger charge is -2.36. The number of hydrogen-bond donors (Lipinski definition) is 0. The van der Waals surface area contributed by atoms with E-state index in [1.54, 1.807) is 12.3 Å². The van der Waals surface area contributed by atoms with E-state index in [-0.39, 0.29) is 17.8 Å². The molecule has 9 heteroatoms. The maximum Gasteiger partial charge on any atom is 0.410 e. The van der Waals surface area contributed by atoms with Gasteiger partial charge in [-0.05, 0) is 46.1 Å². The van der Waals surface area contributed by atoms with Crippen molar-refractivity contribution in [1.82, 2.24) is 14.9 Å². The number of fused-ring (bicyclic) bond motifs is 1. The second-order valence-corrected chi connectivity index (χ2v) is 8.81. The van der Waals surface area contributed by atoms with Crippen LogP contribution < -0.4 is 0 Å². The van der Waals surface area contributed by atoms with Crippen LogP contribution in [0.15, 0.2) is 29.4 Å². The summed E-state index contributed by atoms with van der Waals surface area (Å²) in [5.74, 6) is 0.701. The highest BCUT2D eigenvalue weighted by molar-refractivity contribution is 7.99. The minimum atomic E-state index is -0.515. The average molecular weight is 404 g/mol. The van der Waals surface area contributed by atoms with E-state index in [9.17, 15) is 14.9 Å². The summed E-state index contributed by atoms with van der Waals surface area (Å²) >= 11 is 1.53. The zero-order valence-electron chi connectivity index (χ0n) is 16.3. The maximum atomic E-state index is 12.5. The van der Waals surface area contributed by atoms with Crippen molar-refractivity contribution in [2.24, 2.45) is 0 Å². The number of nitrogens with zero attached hydrogens (tertiary/aromatic N) is 4. The molecule has 0 N–H and O–H groups in total. The number of thioether (sulfide) groups is 1. The summed E-state index contributed by atoms with van der Waals surface area (Å²) in [6.45, 7) is 6.31. The highest BCUT2D eigenvalue weighted by atomic mass is 32.2. The zero-order valence-corrected chi connectivity index (χ0v) is 17.1. The Bertz CT molecular complexity index is 884. The smallest absolute Gasteiger partial charge is 0.410 e. The van der Waals surface area contributed by atoms with Crippen LogP contribution in [0.25, 0.3) is 11.0 Å². The minimum Gasteiger partial charge on any atom is -0.444 e. The average Bonchev–Trinajstić information content (AvgIpc) is 2.64. The fourth-order valence-corrected chi connectivity index (χ4v) is 4.08. The van der Waals surface area contributed by atoms with E-state index in [1.165, 1.54) is 23.9 Å². The molecule has 28 heavy (non-hydrogen) atoms. The lowest BCUT2D eigenvalue weighted by Crippen LogP contribution is -2.47. The Hall–Kier alpha value is -2.42. The lowest BCUT2D eigenvalue weighted by molar-refractivity contribution is -0.384. The van der Waals surface area contributed by atoms with Crippen molar-refractivity contribution < 1.29 is 14.5 Å².